The Bertz CT molecular complexity index is 455. The summed E-state index contributed by atoms with van der Waals surface area (Å²) in [5.41, 5.74) is -0.751. The highest BCUT2D eigenvalue weighted by Crippen LogP contribution is 2.25. The maximum absolute atomic E-state index is 13.5. The molecule has 0 aromatic carbocycles. The maximum Gasteiger partial charge on any atom is 0.491 e. The van der Waals surface area contributed by atoms with Gasteiger partial charge in [0, 0.05) is 24.3 Å². The predicted octanol–water partition coefficient (Wildman–Crippen LogP) is -0.143. The largest absolute Gasteiger partial charge is 0.491 e. The van der Waals surface area contributed by atoms with Gasteiger partial charge in [-0.2, -0.15) is 0 Å². The van der Waals surface area contributed by atoms with Crippen LogP contribution in [0.4, 0.5) is 4.39 Å². The summed E-state index contributed by atoms with van der Waals surface area (Å²) in [7, 11) is -1.94. The Morgan fingerprint density at radius 1 is 1.41 bits per heavy atom. The van der Waals surface area contributed by atoms with Crippen LogP contribution in [0.5, 0.6) is 0 Å². The van der Waals surface area contributed by atoms with E-state index in [0.717, 1.165) is 37.9 Å². The molecule has 1 saturated carbocycles. The van der Waals surface area contributed by atoms with Crippen molar-refractivity contribution in [1.82, 2.24) is 4.57 Å². The number of rotatable bonds is 3. The number of pyridine rings is 1. The van der Waals surface area contributed by atoms with Crippen molar-refractivity contribution >= 4 is 12.6 Å². The van der Waals surface area contributed by atoms with E-state index in [-0.39, 0.29) is 11.0 Å². The smallest absolute Gasteiger partial charge is 0.423 e. The van der Waals surface area contributed by atoms with Crippen molar-refractivity contribution in [2.24, 2.45) is 5.92 Å². The van der Waals surface area contributed by atoms with Crippen molar-refractivity contribution in [3.05, 3.63) is 28.4 Å². The van der Waals surface area contributed by atoms with Crippen molar-refractivity contribution in [3.8, 4) is 0 Å². The van der Waals surface area contributed by atoms with Gasteiger partial charge < -0.3 is 14.6 Å². The van der Waals surface area contributed by atoms with Crippen molar-refractivity contribution in [1.29, 1.82) is 0 Å². The monoisotopic (exact) mass is 239 g/mol. The van der Waals surface area contributed by atoms with Gasteiger partial charge in [-0.1, -0.05) is 12.8 Å². The van der Waals surface area contributed by atoms with Crippen LogP contribution in [-0.4, -0.2) is 21.7 Å². The van der Waals surface area contributed by atoms with Crippen LogP contribution in [0, 0.1) is 11.7 Å². The molecule has 0 atom stereocenters. The maximum atomic E-state index is 13.5. The Morgan fingerprint density at radius 2 is 2.06 bits per heavy atom. The highest BCUT2D eigenvalue weighted by Gasteiger charge is 2.20. The zero-order valence-electron chi connectivity index (χ0n) is 9.47. The second-order valence-electron chi connectivity index (χ2n) is 4.59. The summed E-state index contributed by atoms with van der Waals surface area (Å²) in [6.45, 7) is 0.511. The summed E-state index contributed by atoms with van der Waals surface area (Å²) in [5, 5.41) is 17.7. The van der Waals surface area contributed by atoms with E-state index in [2.05, 4.69) is 0 Å². The Balaban J connectivity index is 2.23. The molecule has 92 valence electrons. The summed E-state index contributed by atoms with van der Waals surface area (Å²) in [6.07, 6.45) is 5.52. The number of halogens is 1. The van der Waals surface area contributed by atoms with Gasteiger partial charge in [-0.05, 0) is 18.8 Å². The first-order valence-corrected chi connectivity index (χ1v) is 5.84. The summed E-state index contributed by atoms with van der Waals surface area (Å²) in [6, 6.07) is 0.953. The molecule has 0 bridgehead atoms. The summed E-state index contributed by atoms with van der Waals surface area (Å²) < 4.78 is 14.8. The molecule has 0 unspecified atom stereocenters. The topological polar surface area (TPSA) is 62.5 Å². The molecular formula is C11H15BFNO3. The Kier molecular flexibility index (Phi) is 3.64. The third-order valence-electron chi connectivity index (χ3n) is 3.31. The molecule has 4 nitrogen and oxygen atoms in total. The molecule has 1 aromatic rings. The number of hydrogen-bond donors (Lipinski definition) is 2. The fourth-order valence-corrected chi connectivity index (χ4v) is 2.37. The van der Waals surface area contributed by atoms with Crippen molar-refractivity contribution in [2.45, 2.75) is 32.2 Å². The van der Waals surface area contributed by atoms with Gasteiger partial charge >= 0.3 is 7.12 Å². The van der Waals surface area contributed by atoms with Gasteiger partial charge in [-0.3, -0.25) is 4.79 Å². The Morgan fingerprint density at radius 3 is 2.65 bits per heavy atom. The van der Waals surface area contributed by atoms with Gasteiger partial charge in [0.15, 0.2) is 0 Å². The lowest BCUT2D eigenvalue weighted by Crippen LogP contribution is -2.38. The lowest BCUT2D eigenvalue weighted by molar-refractivity contribution is 0.419. The average Bonchev–Trinajstić information content (AvgIpc) is 2.75. The fourth-order valence-electron chi connectivity index (χ4n) is 2.37. The zero-order valence-corrected chi connectivity index (χ0v) is 9.47. The number of hydrogen-bond acceptors (Lipinski definition) is 3. The summed E-state index contributed by atoms with van der Waals surface area (Å²) in [4.78, 5) is 11.7. The van der Waals surface area contributed by atoms with E-state index < -0.39 is 12.9 Å². The molecule has 0 amide bonds. The second-order valence-corrected chi connectivity index (χ2v) is 4.59. The van der Waals surface area contributed by atoms with E-state index in [4.69, 9.17) is 10.0 Å². The SMILES string of the molecule is O=c1cc(B(O)O)c(F)cn1CC1CCCC1. The molecule has 2 N–H and O–H groups in total. The molecule has 0 spiro atoms. The zero-order chi connectivity index (χ0) is 12.4. The van der Waals surface area contributed by atoms with Gasteiger partial charge in [0.2, 0.25) is 5.56 Å². The number of aromatic nitrogens is 1. The van der Waals surface area contributed by atoms with Crippen molar-refractivity contribution in [2.75, 3.05) is 0 Å². The van der Waals surface area contributed by atoms with E-state index in [9.17, 15) is 9.18 Å². The van der Waals surface area contributed by atoms with Gasteiger partial charge in [0.25, 0.3) is 0 Å². The quantitative estimate of drug-likeness (QED) is 0.721. The molecule has 6 heteroatoms. The van der Waals surface area contributed by atoms with Crippen LogP contribution in [0.2, 0.25) is 0 Å². The third kappa shape index (κ3) is 2.76. The first-order chi connectivity index (χ1) is 8.08. The predicted molar refractivity (Wildman–Crippen MR) is 62.4 cm³/mol. The van der Waals surface area contributed by atoms with Gasteiger partial charge in [0.1, 0.15) is 5.82 Å². The molecule has 1 aliphatic rings. The number of nitrogens with zero attached hydrogens (tertiary/aromatic N) is 1. The van der Waals surface area contributed by atoms with Gasteiger partial charge in [0.05, 0.1) is 0 Å². The minimum atomic E-state index is -1.94. The van der Waals surface area contributed by atoms with E-state index in [1.54, 1.807) is 0 Å². The first kappa shape index (κ1) is 12.3. The molecule has 1 fully saturated rings. The highest BCUT2D eigenvalue weighted by atomic mass is 19.1. The third-order valence-corrected chi connectivity index (χ3v) is 3.31. The summed E-state index contributed by atoms with van der Waals surface area (Å²) in [5.74, 6) is -0.324. The van der Waals surface area contributed by atoms with E-state index >= 15 is 0 Å². The molecular weight excluding hydrogens is 224 g/mol. The highest BCUT2D eigenvalue weighted by molar-refractivity contribution is 6.58. The van der Waals surface area contributed by atoms with E-state index in [1.165, 1.54) is 4.57 Å². The van der Waals surface area contributed by atoms with Crippen LogP contribution >= 0.6 is 0 Å². The van der Waals surface area contributed by atoms with E-state index in [1.807, 2.05) is 0 Å². The molecule has 1 heterocycles. The molecule has 0 saturated heterocycles. The van der Waals surface area contributed by atoms with Gasteiger partial charge in [-0.15, -0.1) is 0 Å². The van der Waals surface area contributed by atoms with Crippen LogP contribution in [0.15, 0.2) is 17.1 Å². The van der Waals surface area contributed by atoms with Crippen molar-refractivity contribution < 1.29 is 14.4 Å². The average molecular weight is 239 g/mol. The molecule has 1 aliphatic carbocycles. The van der Waals surface area contributed by atoms with Crippen LogP contribution in [0.25, 0.3) is 0 Å². The second kappa shape index (κ2) is 5.02. The van der Waals surface area contributed by atoms with Crippen LogP contribution < -0.4 is 11.0 Å². The normalized spacial score (nSPS) is 16.4. The first-order valence-electron chi connectivity index (χ1n) is 5.84. The standard InChI is InChI=1S/C11H15BFNO3/c13-10-7-14(6-8-3-1-2-4-8)11(15)5-9(10)12(16)17/h5,7-8,16-17H,1-4,6H2. The minimum absolute atomic E-state index is 0.363. The van der Waals surface area contributed by atoms with E-state index in [0.29, 0.717) is 12.5 Å². The van der Waals surface area contributed by atoms with Crippen molar-refractivity contribution in [3.63, 3.8) is 0 Å². The lowest BCUT2D eigenvalue weighted by atomic mass is 9.80. The fraction of sp³-hybridized carbons (Fsp3) is 0.545. The lowest BCUT2D eigenvalue weighted by Gasteiger charge is -2.12. The molecule has 17 heavy (non-hydrogen) atoms. The van der Waals surface area contributed by atoms with Crippen LogP contribution in [-0.2, 0) is 6.54 Å². The Hall–Kier alpha value is -1.14. The van der Waals surface area contributed by atoms with Crippen LogP contribution in [0.1, 0.15) is 25.7 Å². The minimum Gasteiger partial charge on any atom is -0.423 e. The molecule has 2 rings (SSSR count). The van der Waals surface area contributed by atoms with Gasteiger partial charge in [-0.25, -0.2) is 4.39 Å². The molecule has 1 aromatic heterocycles. The molecule has 0 aliphatic heterocycles. The Labute approximate surface area is 98.9 Å². The van der Waals surface area contributed by atoms with Crippen LogP contribution in [0.3, 0.4) is 0 Å². The summed E-state index contributed by atoms with van der Waals surface area (Å²) >= 11 is 0. The molecule has 0 radical (unpaired) electrons.